The summed E-state index contributed by atoms with van der Waals surface area (Å²) in [5, 5.41) is 0.440. The minimum absolute atomic E-state index is 0. The molecule has 23 heavy (non-hydrogen) atoms. The molecule has 118 valence electrons. The fourth-order valence-corrected chi connectivity index (χ4v) is 1.31. The Labute approximate surface area is 234 Å². The maximum Gasteiger partial charge on any atom is 1.00 e. The van der Waals surface area contributed by atoms with Gasteiger partial charge in [-0.05, 0) is 12.0 Å². The molecule has 1 rings (SSSR count). The number of thiocarbonyl (C=S) groups is 1. The predicted molar refractivity (Wildman–Crippen MR) is 88.1 cm³/mol. The summed E-state index contributed by atoms with van der Waals surface area (Å²) in [6, 6.07) is 3.23. The van der Waals surface area contributed by atoms with Gasteiger partial charge in [0.1, 0.15) is 0 Å². The van der Waals surface area contributed by atoms with Crippen LogP contribution in [0.25, 0.3) is 0 Å². The van der Waals surface area contributed by atoms with Crippen molar-refractivity contribution in [3.63, 3.8) is 0 Å². The number of carbonyl (C=O) groups excluding carboxylic acids is 1. The van der Waals surface area contributed by atoms with Crippen molar-refractivity contribution in [1.82, 2.24) is 0 Å². The van der Waals surface area contributed by atoms with Crippen LogP contribution in [0.4, 0.5) is 0 Å². The Morgan fingerprint density at radius 1 is 1.22 bits per heavy atom. The van der Waals surface area contributed by atoms with Gasteiger partial charge in [-0.15, -0.1) is 0 Å². The standard InChI is InChI=1S/C11H9ClO3.C3H7O.CHS.2K/c1-14-10-7-9(12)11(15-2)6-8(10)4-3-5-13;1-3-4-2;1-2;;/h3,6-7H,1-2H3;1,3H2,2H3;1H;;/q-2;2*-1;2*+1. The number of methoxy groups -OCH3 is 3. The molecular weight excluding hydrogens is 390 g/mol. The normalized spacial score (nSPS) is 8.22. The quantitative estimate of drug-likeness (QED) is 0.228. The van der Waals surface area contributed by atoms with Crippen LogP contribution in [0, 0.1) is 13.0 Å². The summed E-state index contributed by atoms with van der Waals surface area (Å²) in [6.45, 7) is 3.95. The fraction of sp³-hybridized carbons (Fsp3) is 0.267. The topological polar surface area (TPSA) is 44.8 Å². The minimum atomic E-state index is 0. The molecule has 0 saturated carbocycles. The molecule has 0 radical (unpaired) electrons. The van der Waals surface area contributed by atoms with Crippen LogP contribution in [0.2, 0.25) is 5.02 Å². The summed E-state index contributed by atoms with van der Waals surface area (Å²) in [7, 11) is 4.63. The summed E-state index contributed by atoms with van der Waals surface area (Å²) in [4.78, 5) is 10.1. The second kappa shape index (κ2) is 23.8. The van der Waals surface area contributed by atoms with E-state index in [1.54, 1.807) is 25.5 Å². The molecule has 0 aliphatic carbocycles. The largest absolute Gasteiger partial charge is 1.00 e. The molecule has 1 aromatic rings. The number of hydrogen-bond acceptors (Lipinski definition) is 5. The number of benzene rings is 1. The molecule has 0 unspecified atom stereocenters. The number of allylic oxidation sites excluding steroid dienone is 1. The van der Waals surface area contributed by atoms with Gasteiger partial charge in [-0.1, -0.05) is 24.3 Å². The number of rotatable bonds is 5. The molecule has 0 aliphatic heterocycles. The van der Waals surface area contributed by atoms with Crippen molar-refractivity contribution in [2.75, 3.05) is 27.9 Å². The van der Waals surface area contributed by atoms with E-state index in [9.17, 15) is 4.79 Å². The van der Waals surface area contributed by atoms with E-state index < -0.39 is 0 Å². The van der Waals surface area contributed by atoms with Crippen molar-refractivity contribution < 1.29 is 122 Å². The van der Waals surface area contributed by atoms with Gasteiger partial charge < -0.3 is 44.0 Å². The fourth-order valence-electron chi connectivity index (χ4n) is 1.08. The molecule has 0 fully saturated rings. The molecule has 0 heterocycles. The first-order chi connectivity index (χ1) is 10.1. The molecule has 8 heteroatoms. The van der Waals surface area contributed by atoms with Crippen molar-refractivity contribution in [2.45, 2.75) is 0 Å². The molecule has 0 bridgehead atoms. The van der Waals surface area contributed by atoms with Crippen LogP contribution in [0.5, 0.6) is 11.5 Å². The number of halogens is 1. The summed E-state index contributed by atoms with van der Waals surface area (Å²) in [5.74, 6) is 5.10. The van der Waals surface area contributed by atoms with Crippen LogP contribution in [-0.4, -0.2) is 40.1 Å². The van der Waals surface area contributed by atoms with Crippen LogP contribution >= 0.6 is 23.8 Å². The molecule has 0 saturated heterocycles. The third kappa shape index (κ3) is 15.8. The molecule has 0 amide bonds. The van der Waals surface area contributed by atoms with Crippen LogP contribution < -0.4 is 112 Å². The maximum atomic E-state index is 10.1. The van der Waals surface area contributed by atoms with Crippen molar-refractivity contribution >= 4 is 36.0 Å². The van der Waals surface area contributed by atoms with Gasteiger partial charge in [0.15, 0.2) is 0 Å². The van der Waals surface area contributed by atoms with Crippen LogP contribution in [0.1, 0.15) is 5.56 Å². The van der Waals surface area contributed by atoms with E-state index in [-0.39, 0.29) is 103 Å². The molecule has 4 nitrogen and oxygen atoms in total. The number of ether oxygens (including phenoxy) is 3. The monoisotopic (exact) mass is 406 g/mol. The minimum Gasteiger partial charge on any atom is -0.582 e. The van der Waals surface area contributed by atoms with Gasteiger partial charge in [0, 0.05) is 12.1 Å². The maximum absolute atomic E-state index is 10.1. The summed E-state index contributed by atoms with van der Waals surface area (Å²) < 4.78 is 14.5. The van der Waals surface area contributed by atoms with Gasteiger partial charge in [0.25, 0.3) is 0 Å². The van der Waals surface area contributed by atoms with Gasteiger partial charge >= 0.3 is 103 Å². The van der Waals surface area contributed by atoms with Crippen molar-refractivity contribution in [3.8, 4) is 11.5 Å². The molecule has 0 N–H and O–H groups in total. The van der Waals surface area contributed by atoms with E-state index in [1.165, 1.54) is 14.2 Å². The SMILES string of the molecule is COc1cc([C-]=C[C-]=O)c(OC)cc1Cl.[CH-]=S.[CH2-]COC.[K+].[K+]. The summed E-state index contributed by atoms with van der Waals surface area (Å²) in [6.07, 6.45) is 5.44. The third-order valence-corrected chi connectivity index (χ3v) is 2.26. The van der Waals surface area contributed by atoms with E-state index in [0.29, 0.717) is 28.7 Å². The Balaban J connectivity index is -0.000000198. The van der Waals surface area contributed by atoms with E-state index in [1.807, 2.05) is 0 Å². The molecular formula is C15H17ClK2O4S-2. The Hall–Kier alpha value is 1.84. The molecule has 1 aromatic carbocycles. The Bertz CT molecular complexity index is 444. The van der Waals surface area contributed by atoms with E-state index in [0.717, 1.165) is 6.08 Å². The first-order valence-corrected chi connectivity index (χ1v) is 6.38. The second-order valence-corrected chi connectivity index (χ2v) is 3.49. The van der Waals surface area contributed by atoms with Crippen LogP contribution in [-0.2, 0) is 9.53 Å². The van der Waals surface area contributed by atoms with E-state index >= 15 is 0 Å². The van der Waals surface area contributed by atoms with Gasteiger partial charge in [-0.25, -0.2) is 11.6 Å². The van der Waals surface area contributed by atoms with Crippen LogP contribution in [0.3, 0.4) is 0 Å². The Kier molecular flexibility index (Phi) is 33.7. The first kappa shape index (κ1) is 32.5. The summed E-state index contributed by atoms with van der Waals surface area (Å²) in [5.41, 5.74) is 0.585. The summed E-state index contributed by atoms with van der Waals surface area (Å²) >= 11 is 9.48. The molecule has 0 atom stereocenters. The van der Waals surface area contributed by atoms with Crippen molar-refractivity contribution in [2.24, 2.45) is 0 Å². The molecule has 0 spiro atoms. The number of hydrogen-bond donors (Lipinski definition) is 0. The Morgan fingerprint density at radius 2 is 1.70 bits per heavy atom. The average Bonchev–Trinajstić information content (AvgIpc) is 2.55. The predicted octanol–water partition coefficient (Wildman–Crippen LogP) is -2.86. The molecule has 0 aliphatic rings. The average molecular weight is 407 g/mol. The van der Waals surface area contributed by atoms with Gasteiger partial charge in [-0.2, -0.15) is 6.07 Å². The smallest absolute Gasteiger partial charge is 0.582 e. The zero-order chi connectivity index (χ0) is 16.7. The second-order valence-electron chi connectivity index (χ2n) is 3.09. The van der Waals surface area contributed by atoms with E-state index in [4.69, 9.17) is 21.1 Å². The van der Waals surface area contributed by atoms with Crippen molar-refractivity contribution in [1.29, 1.82) is 0 Å². The van der Waals surface area contributed by atoms with E-state index in [2.05, 4.69) is 35.8 Å². The first-order valence-electron chi connectivity index (χ1n) is 5.53. The van der Waals surface area contributed by atoms with Gasteiger partial charge in [0.2, 0.25) is 0 Å². The van der Waals surface area contributed by atoms with Crippen molar-refractivity contribution in [3.05, 3.63) is 41.8 Å². The van der Waals surface area contributed by atoms with Gasteiger partial charge in [0.05, 0.1) is 20.0 Å². The zero-order valence-electron chi connectivity index (χ0n) is 14.1. The third-order valence-electron chi connectivity index (χ3n) is 1.96. The van der Waals surface area contributed by atoms with Gasteiger partial charge in [-0.3, -0.25) is 6.08 Å². The zero-order valence-corrected chi connectivity index (χ0v) is 22.0. The Morgan fingerprint density at radius 3 is 2.04 bits per heavy atom. The molecule has 0 aromatic heterocycles. The van der Waals surface area contributed by atoms with Crippen LogP contribution in [0.15, 0.2) is 18.2 Å².